The van der Waals surface area contributed by atoms with E-state index in [-0.39, 0.29) is 5.91 Å². The first-order chi connectivity index (χ1) is 16.2. The number of benzene rings is 2. The van der Waals surface area contributed by atoms with Crippen LogP contribution in [-0.4, -0.2) is 52.2 Å². The fourth-order valence-corrected chi connectivity index (χ4v) is 4.39. The van der Waals surface area contributed by atoms with Gasteiger partial charge in [0.2, 0.25) is 11.9 Å². The van der Waals surface area contributed by atoms with Crippen molar-refractivity contribution < 1.29 is 22.7 Å². The van der Waals surface area contributed by atoms with Crippen LogP contribution in [0.5, 0.6) is 0 Å². The van der Waals surface area contributed by atoms with E-state index in [2.05, 4.69) is 20.4 Å². The largest absolute Gasteiger partial charge is 0.416 e. The number of anilines is 2. The summed E-state index contributed by atoms with van der Waals surface area (Å²) in [6.45, 7) is 6.25. The third-order valence-corrected chi connectivity index (χ3v) is 6.44. The van der Waals surface area contributed by atoms with Gasteiger partial charge in [-0.1, -0.05) is 30.0 Å². The average molecular weight is 492 g/mol. The summed E-state index contributed by atoms with van der Waals surface area (Å²) >= 11 is 1.23. The minimum atomic E-state index is -4.43. The van der Waals surface area contributed by atoms with Crippen LogP contribution in [0.15, 0.2) is 53.7 Å². The lowest BCUT2D eigenvalue weighted by atomic mass is 10.2. The number of thioether (sulfide) groups is 1. The van der Waals surface area contributed by atoms with Gasteiger partial charge < -0.3 is 15.0 Å². The Bertz CT molecular complexity index is 1140. The quantitative estimate of drug-likeness (QED) is 0.510. The summed E-state index contributed by atoms with van der Waals surface area (Å²) in [6.07, 6.45) is -4.43. The molecule has 1 N–H and O–H groups in total. The summed E-state index contributed by atoms with van der Waals surface area (Å²) in [5.74, 6) is 0.326. The van der Waals surface area contributed by atoms with Gasteiger partial charge in [0.05, 0.1) is 29.7 Å². The van der Waals surface area contributed by atoms with E-state index in [1.54, 1.807) is 6.92 Å². The molecule has 1 aliphatic heterocycles. The molecule has 1 aliphatic rings. The Hall–Kier alpha value is -3.05. The number of nitrogens with one attached hydrogen (secondary N) is 1. The first-order valence-electron chi connectivity index (χ1n) is 10.7. The predicted molar refractivity (Wildman–Crippen MR) is 125 cm³/mol. The molecule has 3 aromatic rings. The van der Waals surface area contributed by atoms with Crippen LogP contribution in [0.3, 0.4) is 0 Å². The number of carbonyl (C=O) groups excluding carboxylic acids is 1. The Morgan fingerprint density at radius 1 is 1.09 bits per heavy atom. The molecule has 7 nitrogen and oxygen atoms in total. The molecule has 180 valence electrons. The number of carbonyl (C=O) groups is 1. The van der Waals surface area contributed by atoms with E-state index >= 15 is 0 Å². The van der Waals surface area contributed by atoms with Gasteiger partial charge in [0, 0.05) is 18.8 Å². The van der Waals surface area contributed by atoms with Crippen LogP contribution in [0.2, 0.25) is 0 Å². The molecule has 1 aromatic heterocycles. The zero-order valence-corrected chi connectivity index (χ0v) is 19.5. The molecule has 0 radical (unpaired) electrons. The minimum Gasteiger partial charge on any atom is -0.378 e. The molecule has 2 heterocycles. The summed E-state index contributed by atoms with van der Waals surface area (Å²) in [4.78, 5) is 14.9. The number of amides is 1. The van der Waals surface area contributed by atoms with E-state index in [1.807, 2.05) is 35.8 Å². The van der Waals surface area contributed by atoms with Crippen molar-refractivity contribution in [3.05, 3.63) is 59.7 Å². The maximum Gasteiger partial charge on any atom is 0.416 e. The van der Waals surface area contributed by atoms with E-state index in [1.165, 1.54) is 23.9 Å². The summed E-state index contributed by atoms with van der Waals surface area (Å²) in [5.41, 5.74) is 1.46. The highest BCUT2D eigenvalue weighted by Gasteiger charge is 2.30. The number of nitrogens with zero attached hydrogens (tertiary/aromatic N) is 4. The van der Waals surface area contributed by atoms with Crippen molar-refractivity contribution in [2.24, 2.45) is 0 Å². The number of rotatable bonds is 6. The van der Waals surface area contributed by atoms with Crippen LogP contribution >= 0.6 is 11.8 Å². The Labute approximate surface area is 199 Å². The predicted octanol–water partition coefficient (Wildman–Crippen LogP) is 4.55. The molecule has 4 rings (SSSR count). The number of aryl methyl sites for hydroxylation is 1. The monoisotopic (exact) mass is 491 g/mol. The highest BCUT2D eigenvalue weighted by molar-refractivity contribution is 8.00. The molecule has 1 fully saturated rings. The fraction of sp³-hybridized carbons (Fsp3) is 0.348. The molecular weight excluding hydrogens is 467 g/mol. The Kier molecular flexibility index (Phi) is 7.13. The second-order valence-corrected chi connectivity index (χ2v) is 9.14. The molecule has 1 amide bonds. The van der Waals surface area contributed by atoms with Crippen LogP contribution in [0.4, 0.5) is 24.8 Å². The van der Waals surface area contributed by atoms with Gasteiger partial charge in [0.25, 0.3) is 0 Å². The van der Waals surface area contributed by atoms with Crippen molar-refractivity contribution in [3.8, 4) is 5.69 Å². The number of alkyl halides is 3. The van der Waals surface area contributed by atoms with Gasteiger partial charge in [0.1, 0.15) is 0 Å². The van der Waals surface area contributed by atoms with Crippen molar-refractivity contribution in [3.63, 3.8) is 0 Å². The average Bonchev–Trinajstić information content (AvgIpc) is 3.23. The number of hydrogen-bond acceptors (Lipinski definition) is 6. The molecule has 0 spiro atoms. The smallest absolute Gasteiger partial charge is 0.378 e. The molecule has 0 bridgehead atoms. The van der Waals surface area contributed by atoms with Gasteiger partial charge in [0.15, 0.2) is 5.16 Å². The number of para-hydroxylation sites is 1. The lowest BCUT2D eigenvalue weighted by Crippen LogP contribution is -2.38. The fourth-order valence-electron chi connectivity index (χ4n) is 3.53. The summed E-state index contributed by atoms with van der Waals surface area (Å²) in [5, 5.41) is 11.4. The molecule has 34 heavy (non-hydrogen) atoms. The number of hydrogen-bond donors (Lipinski definition) is 1. The zero-order chi connectivity index (χ0) is 24.3. The third-order valence-electron chi connectivity index (χ3n) is 5.40. The van der Waals surface area contributed by atoms with Gasteiger partial charge >= 0.3 is 6.18 Å². The second-order valence-electron chi connectivity index (χ2n) is 7.83. The number of ether oxygens (including phenoxy) is 1. The molecule has 11 heteroatoms. The van der Waals surface area contributed by atoms with Gasteiger partial charge in [-0.3, -0.25) is 9.36 Å². The normalized spacial score (nSPS) is 15.3. The molecule has 1 atom stereocenters. The van der Waals surface area contributed by atoms with Gasteiger partial charge in [-0.2, -0.15) is 13.2 Å². The third kappa shape index (κ3) is 5.36. The van der Waals surface area contributed by atoms with E-state index in [4.69, 9.17) is 4.74 Å². The minimum absolute atomic E-state index is 0.292. The van der Waals surface area contributed by atoms with Crippen molar-refractivity contribution in [1.82, 2.24) is 14.8 Å². The lowest BCUT2D eigenvalue weighted by Gasteiger charge is -2.28. The maximum atomic E-state index is 12.8. The first kappa shape index (κ1) is 24.1. The zero-order valence-electron chi connectivity index (χ0n) is 18.7. The van der Waals surface area contributed by atoms with Crippen molar-refractivity contribution in [2.45, 2.75) is 30.4 Å². The highest BCUT2D eigenvalue weighted by atomic mass is 32.2. The van der Waals surface area contributed by atoms with Gasteiger partial charge in [-0.15, -0.1) is 10.2 Å². The van der Waals surface area contributed by atoms with Crippen LogP contribution in [0.25, 0.3) is 5.69 Å². The van der Waals surface area contributed by atoms with E-state index in [0.29, 0.717) is 43.1 Å². The molecular formula is C23H24F3N5O2S. The second kappa shape index (κ2) is 10.1. The molecule has 2 aromatic carbocycles. The number of halogens is 3. The van der Waals surface area contributed by atoms with Gasteiger partial charge in [-0.25, -0.2) is 0 Å². The standard InChI is InChI=1S/C23H24F3N5O2S/c1-15-5-3-4-6-19(15)31-21(30-11-13-33-14-12-30)28-29-22(31)34-16(2)20(32)27-18-9-7-17(8-10-18)23(24,25)26/h3-10,16H,11-14H2,1-2H3,(H,27,32). The van der Waals surface area contributed by atoms with E-state index in [9.17, 15) is 18.0 Å². The molecule has 0 saturated carbocycles. The summed E-state index contributed by atoms with van der Waals surface area (Å²) < 4.78 is 45.7. The van der Waals surface area contributed by atoms with E-state index in [0.717, 1.165) is 23.4 Å². The lowest BCUT2D eigenvalue weighted by molar-refractivity contribution is -0.137. The van der Waals surface area contributed by atoms with Crippen LogP contribution in [0.1, 0.15) is 18.1 Å². The number of aromatic nitrogens is 3. The van der Waals surface area contributed by atoms with Crippen LogP contribution in [0, 0.1) is 6.92 Å². The highest BCUT2D eigenvalue weighted by Crippen LogP contribution is 2.32. The Balaban J connectivity index is 1.55. The molecule has 1 unspecified atom stereocenters. The Morgan fingerprint density at radius 3 is 2.41 bits per heavy atom. The molecule has 1 saturated heterocycles. The maximum absolute atomic E-state index is 12.8. The SMILES string of the molecule is Cc1ccccc1-n1c(SC(C)C(=O)Nc2ccc(C(F)(F)F)cc2)nnc1N1CCOCC1. The van der Waals surface area contributed by atoms with Crippen LogP contribution < -0.4 is 10.2 Å². The first-order valence-corrected chi connectivity index (χ1v) is 11.6. The topological polar surface area (TPSA) is 72.3 Å². The molecule has 0 aliphatic carbocycles. The van der Waals surface area contributed by atoms with Crippen molar-refractivity contribution in [1.29, 1.82) is 0 Å². The van der Waals surface area contributed by atoms with Crippen molar-refractivity contribution in [2.75, 3.05) is 36.5 Å². The van der Waals surface area contributed by atoms with Gasteiger partial charge in [-0.05, 0) is 49.7 Å². The van der Waals surface area contributed by atoms with Crippen molar-refractivity contribution >= 4 is 29.3 Å². The summed E-state index contributed by atoms with van der Waals surface area (Å²) in [7, 11) is 0. The summed E-state index contributed by atoms with van der Waals surface area (Å²) in [6, 6.07) is 12.2. The Morgan fingerprint density at radius 2 is 1.76 bits per heavy atom. The number of morpholine rings is 1. The van der Waals surface area contributed by atoms with Crippen LogP contribution in [-0.2, 0) is 15.7 Å². The van der Waals surface area contributed by atoms with E-state index < -0.39 is 17.0 Å².